The molecular weight excluding hydrogens is 420 g/mol. The molecule has 4 N–H and O–H groups in total. The number of hydrogen-bond acceptors (Lipinski definition) is 8. The van der Waals surface area contributed by atoms with Crippen LogP contribution in [-0.4, -0.2) is 76.5 Å². The lowest BCUT2D eigenvalue weighted by Crippen LogP contribution is -2.54. The summed E-state index contributed by atoms with van der Waals surface area (Å²) in [5.74, 6) is 0.276. The number of anilines is 2. The van der Waals surface area contributed by atoms with Crippen molar-refractivity contribution in [2.45, 2.75) is 31.7 Å². The first-order valence-corrected chi connectivity index (χ1v) is 11.5. The maximum atomic E-state index is 11.7. The largest absolute Gasteiger partial charge is 0.395 e. The second kappa shape index (κ2) is 9.09. The van der Waals surface area contributed by atoms with Crippen molar-refractivity contribution in [3.05, 3.63) is 53.1 Å². The molecule has 3 aliphatic rings. The van der Waals surface area contributed by atoms with E-state index in [0.29, 0.717) is 24.7 Å². The molecule has 0 aromatic carbocycles. The predicted octanol–water partition coefficient (Wildman–Crippen LogP) is 1.06. The number of aliphatic hydroxyl groups excluding tert-OH is 2. The van der Waals surface area contributed by atoms with E-state index < -0.39 is 6.23 Å². The van der Waals surface area contributed by atoms with Crippen LogP contribution in [0.4, 0.5) is 11.4 Å². The van der Waals surface area contributed by atoms with Gasteiger partial charge < -0.3 is 25.7 Å². The number of aromatic nitrogens is 2. The van der Waals surface area contributed by atoms with Crippen LogP contribution in [0.15, 0.2) is 36.2 Å². The van der Waals surface area contributed by atoms with E-state index in [-0.39, 0.29) is 18.6 Å². The normalized spacial score (nSPS) is 22.9. The molecule has 2 atom stereocenters. The number of aliphatic hydroxyl groups is 2. The highest BCUT2D eigenvalue weighted by Crippen LogP contribution is 2.41. The molecule has 1 aliphatic carbocycles. The average Bonchev–Trinajstić information content (AvgIpc) is 3.69. The number of carbonyl (C=O) groups is 1. The first kappa shape index (κ1) is 21.8. The molecule has 0 radical (unpaired) electrons. The summed E-state index contributed by atoms with van der Waals surface area (Å²) >= 11 is 0. The van der Waals surface area contributed by atoms with Crippen LogP contribution < -0.4 is 15.5 Å². The van der Waals surface area contributed by atoms with Crippen molar-refractivity contribution in [1.29, 1.82) is 0 Å². The third kappa shape index (κ3) is 4.57. The Balaban J connectivity index is 1.25. The highest BCUT2D eigenvalue weighted by molar-refractivity contribution is 5.92. The van der Waals surface area contributed by atoms with E-state index in [1.165, 1.54) is 0 Å². The van der Waals surface area contributed by atoms with Crippen molar-refractivity contribution >= 4 is 23.4 Å². The molecule has 2 aromatic rings. The third-order valence-electron chi connectivity index (χ3n) is 6.71. The molecule has 2 aromatic heterocycles. The van der Waals surface area contributed by atoms with Crippen molar-refractivity contribution in [2.75, 3.05) is 43.5 Å². The minimum absolute atomic E-state index is 0.0340. The Kier molecular flexibility index (Phi) is 6.01. The fourth-order valence-electron chi connectivity index (χ4n) is 4.64. The number of nitrogens with one attached hydrogen (secondary N) is 2. The van der Waals surface area contributed by atoms with Crippen LogP contribution in [0.3, 0.4) is 0 Å². The summed E-state index contributed by atoms with van der Waals surface area (Å²) in [6, 6.07) is 5.63. The number of hydrogen-bond donors (Lipinski definition) is 4. The van der Waals surface area contributed by atoms with Crippen molar-refractivity contribution < 1.29 is 15.0 Å². The molecule has 1 amide bonds. The van der Waals surface area contributed by atoms with Crippen molar-refractivity contribution in [3.63, 3.8) is 0 Å². The van der Waals surface area contributed by atoms with Gasteiger partial charge in [-0.1, -0.05) is 0 Å². The van der Waals surface area contributed by atoms with E-state index in [1.807, 2.05) is 24.4 Å². The average molecular weight is 451 g/mol. The maximum absolute atomic E-state index is 11.7. The number of carbonyl (C=O) groups excluding carboxylic acids is 1. The summed E-state index contributed by atoms with van der Waals surface area (Å²) in [7, 11) is 1.58. The summed E-state index contributed by atoms with van der Waals surface area (Å²) in [4.78, 5) is 25.1. The molecule has 1 saturated heterocycles. The zero-order valence-electron chi connectivity index (χ0n) is 18.7. The fourth-order valence-corrected chi connectivity index (χ4v) is 4.64. The van der Waals surface area contributed by atoms with Crippen LogP contribution in [0.2, 0.25) is 0 Å². The van der Waals surface area contributed by atoms with E-state index >= 15 is 0 Å². The summed E-state index contributed by atoms with van der Waals surface area (Å²) in [6.45, 7) is 2.95. The van der Waals surface area contributed by atoms with Crippen LogP contribution in [0.5, 0.6) is 0 Å². The predicted molar refractivity (Wildman–Crippen MR) is 126 cm³/mol. The summed E-state index contributed by atoms with van der Waals surface area (Å²) in [5.41, 5.74) is 5.13. The van der Waals surface area contributed by atoms with Gasteiger partial charge in [-0.3, -0.25) is 14.7 Å². The monoisotopic (exact) mass is 450 g/mol. The van der Waals surface area contributed by atoms with Crippen LogP contribution in [-0.2, 0) is 6.54 Å². The minimum Gasteiger partial charge on any atom is -0.395 e. The Labute approximate surface area is 193 Å². The lowest BCUT2D eigenvalue weighted by molar-refractivity contribution is 0.0958. The van der Waals surface area contributed by atoms with Gasteiger partial charge in [0.15, 0.2) is 0 Å². The van der Waals surface area contributed by atoms with E-state index in [1.54, 1.807) is 19.3 Å². The molecule has 33 heavy (non-hydrogen) atoms. The van der Waals surface area contributed by atoms with Gasteiger partial charge in [-0.15, -0.1) is 0 Å². The summed E-state index contributed by atoms with van der Waals surface area (Å²) < 4.78 is 0. The molecule has 2 fully saturated rings. The van der Waals surface area contributed by atoms with E-state index in [2.05, 4.69) is 30.4 Å². The zero-order valence-corrected chi connectivity index (χ0v) is 18.7. The number of amides is 1. The summed E-state index contributed by atoms with van der Waals surface area (Å²) in [5, 5.41) is 26.3. The molecule has 2 aliphatic heterocycles. The van der Waals surface area contributed by atoms with E-state index in [4.69, 9.17) is 0 Å². The zero-order chi connectivity index (χ0) is 22.9. The van der Waals surface area contributed by atoms with Gasteiger partial charge in [-0.25, -0.2) is 4.98 Å². The second-order valence-corrected chi connectivity index (χ2v) is 8.98. The molecule has 9 nitrogen and oxygen atoms in total. The highest BCUT2D eigenvalue weighted by atomic mass is 16.3. The standard InChI is InChI=1S/C24H30N6O3/c1-25-24(33)20-5-4-17(11-27-20)30-7-6-29(18(13-30)14-31)12-15-8-22-21(26-10-15)9-19(16-2-3-16)23(32)28-22/h4-5,8-11,16,18,23,28,31-32H,2-3,6-7,12-14H2,1H3,(H,25,33). The van der Waals surface area contributed by atoms with Gasteiger partial charge in [0.2, 0.25) is 0 Å². The number of fused-ring (bicyclic) bond motifs is 1. The molecule has 0 bridgehead atoms. The molecule has 2 unspecified atom stereocenters. The molecule has 4 heterocycles. The number of rotatable bonds is 6. The lowest BCUT2D eigenvalue weighted by atomic mass is 10.0. The van der Waals surface area contributed by atoms with Gasteiger partial charge in [-0.05, 0) is 54.2 Å². The lowest BCUT2D eigenvalue weighted by Gasteiger charge is -2.41. The Morgan fingerprint density at radius 1 is 1.24 bits per heavy atom. The number of nitrogens with zero attached hydrogens (tertiary/aromatic N) is 4. The Bertz CT molecular complexity index is 1050. The molecule has 5 rings (SSSR count). The first-order valence-electron chi connectivity index (χ1n) is 11.5. The number of pyridine rings is 2. The molecule has 9 heteroatoms. The summed E-state index contributed by atoms with van der Waals surface area (Å²) in [6.07, 6.45) is 7.27. The van der Waals surface area contributed by atoms with Crippen molar-refractivity contribution in [3.8, 4) is 0 Å². The van der Waals surface area contributed by atoms with Gasteiger partial charge in [0, 0.05) is 39.4 Å². The SMILES string of the molecule is CNC(=O)c1ccc(N2CCN(Cc3cnc4c(c3)NC(O)C(C3CC3)=C4)C(CO)C2)cn1. The van der Waals surface area contributed by atoms with Crippen LogP contribution in [0.1, 0.15) is 34.6 Å². The van der Waals surface area contributed by atoms with Gasteiger partial charge in [0.1, 0.15) is 11.9 Å². The maximum Gasteiger partial charge on any atom is 0.269 e. The molecule has 0 spiro atoms. The van der Waals surface area contributed by atoms with Crippen molar-refractivity contribution in [1.82, 2.24) is 20.2 Å². The van der Waals surface area contributed by atoms with Crippen LogP contribution in [0.25, 0.3) is 6.08 Å². The molecule has 174 valence electrons. The highest BCUT2D eigenvalue weighted by Gasteiger charge is 2.33. The Morgan fingerprint density at radius 2 is 2.09 bits per heavy atom. The quantitative estimate of drug-likeness (QED) is 0.517. The smallest absolute Gasteiger partial charge is 0.269 e. The van der Waals surface area contributed by atoms with Crippen LogP contribution >= 0.6 is 0 Å². The van der Waals surface area contributed by atoms with Gasteiger partial charge in [-0.2, -0.15) is 0 Å². The number of piperazine rings is 1. The van der Waals surface area contributed by atoms with Crippen LogP contribution in [0, 0.1) is 5.92 Å². The second-order valence-electron chi connectivity index (χ2n) is 8.98. The fraction of sp³-hybridized carbons (Fsp3) is 0.458. The topological polar surface area (TPSA) is 114 Å². The van der Waals surface area contributed by atoms with Gasteiger partial charge in [0.05, 0.1) is 35.9 Å². The molecular formula is C24H30N6O3. The van der Waals surface area contributed by atoms with E-state index in [9.17, 15) is 15.0 Å². The third-order valence-corrected chi connectivity index (χ3v) is 6.71. The minimum atomic E-state index is -0.640. The molecule has 1 saturated carbocycles. The van der Waals surface area contributed by atoms with Gasteiger partial charge in [0.25, 0.3) is 5.91 Å². The van der Waals surface area contributed by atoms with Gasteiger partial charge >= 0.3 is 0 Å². The van der Waals surface area contributed by atoms with Crippen molar-refractivity contribution in [2.24, 2.45) is 5.92 Å². The Morgan fingerprint density at radius 3 is 2.79 bits per heavy atom. The first-order chi connectivity index (χ1) is 16.1. The van der Waals surface area contributed by atoms with E-state index in [0.717, 1.165) is 54.1 Å². The Hall–Kier alpha value is -3.01.